The fourth-order valence-corrected chi connectivity index (χ4v) is 5.29. The Morgan fingerprint density at radius 3 is 2.71 bits per heavy atom. The molecule has 0 unspecified atom stereocenters. The molecule has 0 bridgehead atoms. The van der Waals surface area contributed by atoms with Crippen molar-refractivity contribution in [1.29, 1.82) is 0 Å². The van der Waals surface area contributed by atoms with Gasteiger partial charge < -0.3 is 14.6 Å². The lowest BCUT2D eigenvalue weighted by atomic mass is 9.92. The van der Waals surface area contributed by atoms with E-state index in [2.05, 4.69) is 29.0 Å². The van der Waals surface area contributed by atoms with Crippen molar-refractivity contribution in [2.75, 3.05) is 31.9 Å². The Morgan fingerprint density at radius 1 is 1.29 bits per heavy atom. The number of aromatic nitrogens is 1. The summed E-state index contributed by atoms with van der Waals surface area (Å²) in [5, 5.41) is 2.86. The summed E-state index contributed by atoms with van der Waals surface area (Å²) >= 11 is 0. The highest BCUT2D eigenvalue weighted by Crippen LogP contribution is 2.25. The van der Waals surface area contributed by atoms with Gasteiger partial charge in [-0.05, 0) is 50.3 Å². The lowest BCUT2D eigenvalue weighted by Gasteiger charge is -2.34. The second-order valence-electron chi connectivity index (χ2n) is 8.64. The average molecular weight is 450 g/mol. The van der Waals surface area contributed by atoms with Crippen LogP contribution in [0.3, 0.4) is 0 Å². The molecule has 1 aliphatic rings. The zero-order valence-electron chi connectivity index (χ0n) is 18.5. The number of carbonyl (C=O) groups excluding carboxylic acids is 1. The number of nitrogens with one attached hydrogen (secondary N) is 1. The van der Waals surface area contributed by atoms with Crippen molar-refractivity contribution in [2.45, 2.75) is 39.4 Å². The van der Waals surface area contributed by atoms with Gasteiger partial charge in [0, 0.05) is 30.4 Å². The normalized spacial score (nSPS) is 20.5. The van der Waals surface area contributed by atoms with Gasteiger partial charge in [-0.3, -0.25) is 9.00 Å². The molecule has 3 rings (SSSR count). The quantitative estimate of drug-likeness (QED) is 0.593. The Hall–Kier alpha value is -2.06. The third-order valence-corrected chi connectivity index (χ3v) is 6.68. The second kappa shape index (κ2) is 11.0. The number of benzene rings is 1. The maximum absolute atomic E-state index is 13.9. The molecule has 2 heterocycles. The molecule has 3 atom stereocenters. The number of piperidine rings is 1. The van der Waals surface area contributed by atoms with Crippen LogP contribution < -0.4 is 5.32 Å². The van der Waals surface area contributed by atoms with E-state index in [4.69, 9.17) is 4.42 Å². The zero-order chi connectivity index (χ0) is 22.4. The number of likely N-dealkylation sites (tertiary alicyclic amines) is 1. The molecule has 0 saturated carbocycles. The minimum absolute atomic E-state index is 0.0842. The van der Waals surface area contributed by atoms with E-state index in [1.165, 1.54) is 12.5 Å². The lowest BCUT2D eigenvalue weighted by molar-refractivity contribution is -0.118. The first-order chi connectivity index (χ1) is 14.8. The molecule has 1 aromatic carbocycles. The van der Waals surface area contributed by atoms with Gasteiger partial charge in [-0.15, -0.1) is 0 Å². The predicted molar refractivity (Wildman–Crippen MR) is 120 cm³/mol. The van der Waals surface area contributed by atoms with Crippen molar-refractivity contribution < 1.29 is 17.8 Å². The van der Waals surface area contributed by atoms with Crippen LogP contribution in [0.2, 0.25) is 0 Å². The molecule has 2 aromatic rings. The van der Waals surface area contributed by atoms with Gasteiger partial charge in [0.1, 0.15) is 17.3 Å². The molecule has 6 nitrogen and oxygen atoms in total. The summed E-state index contributed by atoms with van der Waals surface area (Å²) in [6.07, 6.45) is 2.16. The SMILES string of the molecule is Cc1oc(-c2ccccc2F)nc1C[S@@](=O)CC(=O)NCCCN1C[C@H](C)C[C@@H](C)C1. The smallest absolute Gasteiger partial charge is 0.232 e. The number of oxazole rings is 1. The first-order valence-corrected chi connectivity index (χ1v) is 12.4. The van der Waals surface area contributed by atoms with E-state index >= 15 is 0 Å². The summed E-state index contributed by atoms with van der Waals surface area (Å²) in [4.78, 5) is 18.9. The van der Waals surface area contributed by atoms with Gasteiger partial charge in [0.05, 0.1) is 17.0 Å². The van der Waals surface area contributed by atoms with E-state index in [9.17, 15) is 13.4 Å². The highest BCUT2D eigenvalue weighted by molar-refractivity contribution is 7.84. The van der Waals surface area contributed by atoms with Crippen LogP contribution in [0.1, 0.15) is 38.1 Å². The van der Waals surface area contributed by atoms with Gasteiger partial charge in [-0.2, -0.15) is 0 Å². The fraction of sp³-hybridized carbons (Fsp3) is 0.565. The van der Waals surface area contributed by atoms with Crippen LogP contribution in [-0.4, -0.2) is 51.9 Å². The minimum atomic E-state index is -1.42. The minimum Gasteiger partial charge on any atom is -0.441 e. The summed E-state index contributed by atoms with van der Waals surface area (Å²) in [5.74, 6) is 1.45. The van der Waals surface area contributed by atoms with Crippen LogP contribution in [0.25, 0.3) is 11.5 Å². The van der Waals surface area contributed by atoms with E-state index in [1.807, 2.05) is 0 Å². The molecular weight excluding hydrogens is 417 g/mol. The second-order valence-corrected chi connectivity index (χ2v) is 10.1. The van der Waals surface area contributed by atoms with Crippen LogP contribution in [0.15, 0.2) is 28.7 Å². The number of carbonyl (C=O) groups is 1. The van der Waals surface area contributed by atoms with E-state index < -0.39 is 16.6 Å². The molecule has 0 radical (unpaired) electrons. The summed E-state index contributed by atoms with van der Waals surface area (Å²) in [6, 6.07) is 6.22. The summed E-state index contributed by atoms with van der Waals surface area (Å²) in [7, 11) is -1.42. The molecule has 0 spiro atoms. The summed E-state index contributed by atoms with van der Waals surface area (Å²) in [6.45, 7) is 10.1. The van der Waals surface area contributed by atoms with Crippen molar-refractivity contribution in [1.82, 2.24) is 15.2 Å². The number of halogens is 1. The molecule has 1 amide bonds. The molecule has 1 fully saturated rings. The topological polar surface area (TPSA) is 75.4 Å². The largest absolute Gasteiger partial charge is 0.441 e. The van der Waals surface area contributed by atoms with E-state index in [-0.39, 0.29) is 28.9 Å². The van der Waals surface area contributed by atoms with Gasteiger partial charge in [0.2, 0.25) is 11.8 Å². The van der Waals surface area contributed by atoms with Crippen molar-refractivity contribution in [2.24, 2.45) is 11.8 Å². The molecule has 1 aliphatic heterocycles. The van der Waals surface area contributed by atoms with Gasteiger partial charge in [0.25, 0.3) is 0 Å². The standard InChI is InChI=1S/C23H32FN3O3S/c1-16-11-17(2)13-27(12-16)10-6-9-25-22(28)15-31(29)14-21-18(3)30-23(26-21)19-7-4-5-8-20(19)24/h4-5,7-8,16-17H,6,9-15H2,1-3H3,(H,25,28)/t16-,17-,31-/m1/s1. The van der Waals surface area contributed by atoms with E-state index in [0.717, 1.165) is 37.9 Å². The highest BCUT2D eigenvalue weighted by atomic mass is 32.2. The van der Waals surface area contributed by atoms with E-state index in [0.29, 0.717) is 18.0 Å². The third kappa shape index (κ3) is 6.97. The number of rotatable bonds is 9. The van der Waals surface area contributed by atoms with E-state index in [1.54, 1.807) is 25.1 Å². The molecular formula is C23H32FN3O3S. The van der Waals surface area contributed by atoms with Crippen LogP contribution in [0.4, 0.5) is 4.39 Å². The summed E-state index contributed by atoms with van der Waals surface area (Å²) < 4.78 is 31.9. The van der Waals surface area contributed by atoms with Crippen LogP contribution >= 0.6 is 0 Å². The summed E-state index contributed by atoms with van der Waals surface area (Å²) in [5.41, 5.74) is 0.746. The molecule has 1 N–H and O–H groups in total. The zero-order valence-corrected chi connectivity index (χ0v) is 19.3. The van der Waals surface area contributed by atoms with Crippen molar-refractivity contribution in [3.05, 3.63) is 41.5 Å². The predicted octanol–water partition coefficient (Wildman–Crippen LogP) is 3.52. The fourth-order valence-electron chi connectivity index (χ4n) is 4.22. The molecule has 8 heteroatoms. The monoisotopic (exact) mass is 449 g/mol. The number of hydrogen-bond donors (Lipinski definition) is 1. The van der Waals surface area contributed by atoms with Crippen molar-refractivity contribution >= 4 is 16.7 Å². The van der Waals surface area contributed by atoms with Gasteiger partial charge in [-0.25, -0.2) is 9.37 Å². The lowest BCUT2D eigenvalue weighted by Crippen LogP contribution is -2.40. The number of hydrogen-bond acceptors (Lipinski definition) is 5. The van der Waals surface area contributed by atoms with Crippen molar-refractivity contribution in [3.63, 3.8) is 0 Å². The van der Waals surface area contributed by atoms with Gasteiger partial charge in [0.15, 0.2) is 0 Å². The Labute approximate surface area is 186 Å². The first kappa shape index (κ1) is 23.6. The van der Waals surface area contributed by atoms with Crippen molar-refractivity contribution in [3.8, 4) is 11.5 Å². The molecule has 1 saturated heterocycles. The Morgan fingerprint density at radius 2 is 2.00 bits per heavy atom. The van der Waals surface area contributed by atoms with Gasteiger partial charge in [-0.1, -0.05) is 26.0 Å². The molecule has 31 heavy (non-hydrogen) atoms. The number of aryl methyl sites for hydroxylation is 1. The Balaban J connectivity index is 1.41. The first-order valence-electron chi connectivity index (χ1n) is 10.9. The molecule has 1 aromatic heterocycles. The maximum Gasteiger partial charge on any atom is 0.232 e. The van der Waals surface area contributed by atoms with Gasteiger partial charge >= 0.3 is 0 Å². The third-order valence-electron chi connectivity index (χ3n) is 5.50. The maximum atomic E-state index is 13.9. The number of nitrogens with zero attached hydrogens (tertiary/aromatic N) is 2. The molecule has 170 valence electrons. The Bertz CT molecular complexity index is 907. The number of amides is 1. The molecule has 0 aliphatic carbocycles. The van der Waals surface area contributed by atoms with Crippen LogP contribution in [0.5, 0.6) is 0 Å². The highest BCUT2D eigenvalue weighted by Gasteiger charge is 2.21. The van der Waals surface area contributed by atoms with Crippen LogP contribution in [-0.2, 0) is 21.3 Å². The Kier molecular flexibility index (Phi) is 8.37. The average Bonchev–Trinajstić information content (AvgIpc) is 3.05. The van der Waals surface area contributed by atoms with Crippen LogP contribution in [0, 0.1) is 24.6 Å².